The van der Waals surface area contributed by atoms with Crippen LogP contribution in [0.3, 0.4) is 0 Å². The van der Waals surface area contributed by atoms with E-state index in [1.165, 1.54) is 6.08 Å². The fourth-order valence-electron chi connectivity index (χ4n) is 2.66. The smallest absolute Gasteiger partial charge is 0.263 e. The molecule has 6 heteroatoms. The number of aromatic hydroxyl groups is 1. The number of amides is 2. The van der Waals surface area contributed by atoms with Gasteiger partial charge in [-0.2, -0.15) is 0 Å². The SMILES string of the molecule is CC(C)(C)c1cc(C=C2C(=O)NC(=S)NC2=O)cc(C(C)(C)C)c1O. The molecule has 1 aromatic carbocycles. The number of rotatable bonds is 1. The van der Waals surface area contributed by atoms with Crippen LogP contribution in [0.25, 0.3) is 6.08 Å². The summed E-state index contributed by atoms with van der Waals surface area (Å²) >= 11 is 4.81. The molecule has 0 spiro atoms. The highest BCUT2D eigenvalue weighted by Crippen LogP contribution is 2.40. The summed E-state index contributed by atoms with van der Waals surface area (Å²) in [5.41, 5.74) is 1.60. The van der Waals surface area contributed by atoms with Crippen LogP contribution in [-0.4, -0.2) is 22.0 Å². The molecule has 0 radical (unpaired) electrons. The van der Waals surface area contributed by atoms with Gasteiger partial charge in [-0.1, -0.05) is 41.5 Å². The molecule has 0 aromatic heterocycles. The molecule has 1 aliphatic rings. The van der Waals surface area contributed by atoms with E-state index in [4.69, 9.17) is 12.2 Å². The number of carbonyl (C=O) groups is 2. The third-order valence-corrected chi connectivity index (χ3v) is 4.21. The molecule has 0 saturated carbocycles. The third kappa shape index (κ3) is 4.07. The minimum atomic E-state index is -0.531. The standard InChI is InChI=1S/C19H24N2O3S/c1-18(2,3)12-8-10(9-13(14(12)22)19(4,5)6)7-11-15(23)20-17(25)21-16(11)24/h7-9,22H,1-6H3,(H2,20,21,23,24,25). The summed E-state index contributed by atoms with van der Waals surface area (Å²) in [6.45, 7) is 12.0. The van der Waals surface area contributed by atoms with Gasteiger partial charge in [0, 0.05) is 11.1 Å². The molecule has 2 amide bonds. The van der Waals surface area contributed by atoms with Gasteiger partial charge in [0.2, 0.25) is 0 Å². The maximum Gasteiger partial charge on any atom is 0.263 e. The van der Waals surface area contributed by atoms with Crippen LogP contribution < -0.4 is 10.6 Å². The number of phenolic OH excluding ortho intramolecular Hbond substituents is 1. The van der Waals surface area contributed by atoms with E-state index in [9.17, 15) is 14.7 Å². The molecule has 1 aromatic rings. The Kier molecular flexibility index (Phi) is 4.79. The Morgan fingerprint density at radius 3 is 1.68 bits per heavy atom. The Labute approximate surface area is 153 Å². The van der Waals surface area contributed by atoms with Crippen molar-refractivity contribution >= 4 is 35.2 Å². The van der Waals surface area contributed by atoms with Crippen molar-refractivity contribution in [3.8, 4) is 5.75 Å². The first-order chi connectivity index (χ1) is 11.3. The molecule has 1 fully saturated rings. The average Bonchev–Trinajstić information content (AvgIpc) is 2.41. The Hall–Kier alpha value is -2.21. The molecule has 0 aliphatic carbocycles. The van der Waals surface area contributed by atoms with Crippen LogP contribution in [0, 0.1) is 0 Å². The van der Waals surface area contributed by atoms with E-state index >= 15 is 0 Å². The number of hydrogen-bond acceptors (Lipinski definition) is 4. The first-order valence-corrected chi connectivity index (χ1v) is 8.48. The lowest BCUT2D eigenvalue weighted by Crippen LogP contribution is -2.51. The highest BCUT2D eigenvalue weighted by atomic mass is 32.1. The topological polar surface area (TPSA) is 78.4 Å². The van der Waals surface area contributed by atoms with Gasteiger partial charge in [-0.15, -0.1) is 0 Å². The second-order valence-electron chi connectivity index (χ2n) is 8.26. The van der Waals surface area contributed by atoms with Crippen molar-refractivity contribution in [1.29, 1.82) is 0 Å². The molecule has 134 valence electrons. The molecule has 25 heavy (non-hydrogen) atoms. The van der Waals surface area contributed by atoms with Gasteiger partial charge >= 0.3 is 0 Å². The lowest BCUT2D eigenvalue weighted by atomic mass is 9.78. The van der Waals surface area contributed by atoms with Crippen LogP contribution in [0.5, 0.6) is 5.75 Å². The number of benzene rings is 1. The lowest BCUT2D eigenvalue weighted by molar-refractivity contribution is -0.123. The second kappa shape index (κ2) is 6.26. The summed E-state index contributed by atoms with van der Waals surface area (Å²) in [4.78, 5) is 24.1. The summed E-state index contributed by atoms with van der Waals surface area (Å²) in [7, 11) is 0. The maximum atomic E-state index is 12.1. The molecule has 0 bridgehead atoms. The summed E-state index contributed by atoms with van der Waals surface area (Å²) in [5.74, 6) is -0.811. The first kappa shape index (κ1) is 19.1. The van der Waals surface area contributed by atoms with Crippen molar-refractivity contribution in [3.05, 3.63) is 34.4 Å². The van der Waals surface area contributed by atoms with E-state index in [0.29, 0.717) is 5.56 Å². The zero-order valence-corrected chi connectivity index (χ0v) is 16.2. The zero-order chi connectivity index (χ0) is 19.2. The minimum absolute atomic E-state index is 0.00335. The molecular weight excluding hydrogens is 336 g/mol. The highest BCUT2D eigenvalue weighted by Gasteiger charge is 2.28. The van der Waals surface area contributed by atoms with E-state index in [2.05, 4.69) is 10.6 Å². The molecular formula is C19H24N2O3S. The Morgan fingerprint density at radius 1 is 0.920 bits per heavy atom. The fourth-order valence-corrected chi connectivity index (χ4v) is 2.84. The molecule has 5 nitrogen and oxygen atoms in total. The molecule has 0 atom stereocenters. The van der Waals surface area contributed by atoms with Crippen LogP contribution in [0.4, 0.5) is 0 Å². The molecule has 2 rings (SSSR count). The van der Waals surface area contributed by atoms with Crippen LogP contribution >= 0.6 is 12.2 Å². The maximum absolute atomic E-state index is 12.1. The van der Waals surface area contributed by atoms with Crippen LogP contribution in [0.2, 0.25) is 0 Å². The normalized spacial score (nSPS) is 15.8. The number of nitrogens with one attached hydrogen (secondary N) is 2. The Balaban J connectivity index is 2.66. The fraction of sp³-hybridized carbons (Fsp3) is 0.421. The summed E-state index contributed by atoms with van der Waals surface area (Å²) < 4.78 is 0. The van der Waals surface area contributed by atoms with Crippen LogP contribution in [-0.2, 0) is 20.4 Å². The van der Waals surface area contributed by atoms with Crippen molar-refractivity contribution in [2.24, 2.45) is 0 Å². The second-order valence-corrected chi connectivity index (χ2v) is 8.67. The minimum Gasteiger partial charge on any atom is -0.507 e. The van der Waals surface area contributed by atoms with Gasteiger partial charge in [-0.05, 0) is 46.8 Å². The van der Waals surface area contributed by atoms with Gasteiger partial charge in [-0.3, -0.25) is 20.2 Å². The summed E-state index contributed by atoms with van der Waals surface area (Å²) in [6, 6.07) is 3.62. The van der Waals surface area contributed by atoms with Gasteiger partial charge in [0.25, 0.3) is 11.8 Å². The summed E-state index contributed by atoms with van der Waals surface area (Å²) in [6.07, 6.45) is 1.52. The Bertz CT molecular complexity index is 739. The van der Waals surface area contributed by atoms with Gasteiger partial charge in [0.1, 0.15) is 11.3 Å². The number of thiocarbonyl (C=S) groups is 1. The van der Waals surface area contributed by atoms with Crippen molar-refractivity contribution in [3.63, 3.8) is 0 Å². The molecule has 1 saturated heterocycles. The first-order valence-electron chi connectivity index (χ1n) is 8.07. The van der Waals surface area contributed by atoms with Crippen LogP contribution in [0.15, 0.2) is 17.7 Å². The number of hydrogen-bond donors (Lipinski definition) is 3. The number of carbonyl (C=O) groups excluding carboxylic acids is 2. The predicted molar refractivity (Wildman–Crippen MR) is 102 cm³/mol. The van der Waals surface area contributed by atoms with E-state index in [0.717, 1.165) is 11.1 Å². The largest absolute Gasteiger partial charge is 0.507 e. The molecule has 0 unspecified atom stereocenters. The predicted octanol–water partition coefficient (Wildman–Crippen LogP) is 2.90. The monoisotopic (exact) mass is 360 g/mol. The van der Waals surface area contributed by atoms with E-state index < -0.39 is 11.8 Å². The molecule has 1 aliphatic heterocycles. The zero-order valence-electron chi connectivity index (χ0n) is 15.4. The van der Waals surface area contributed by atoms with Crippen molar-refractivity contribution in [2.45, 2.75) is 52.4 Å². The Morgan fingerprint density at radius 2 is 1.32 bits per heavy atom. The van der Waals surface area contributed by atoms with Crippen molar-refractivity contribution < 1.29 is 14.7 Å². The van der Waals surface area contributed by atoms with Crippen molar-refractivity contribution in [2.75, 3.05) is 0 Å². The van der Waals surface area contributed by atoms with Gasteiger partial charge in [0.15, 0.2) is 5.11 Å². The lowest BCUT2D eigenvalue weighted by Gasteiger charge is -2.28. The van der Waals surface area contributed by atoms with E-state index in [1.807, 2.05) is 53.7 Å². The molecule has 3 N–H and O–H groups in total. The highest BCUT2D eigenvalue weighted by molar-refractivity contribution is 7.80. The van der Waals surface area contributed by atoms with Gasteiger partial charge in [0.05, 0.1) is 0 Å². The number of phenols is 1. The van der Waals surface area contributed by atoms with E-state index in [-0.39, 0.29) is 27.3 Å². The quantitative estimate of drug-likeness (QED) is 0.409. The third-order valence-electron chi connectivity index (χ3n) is 4.00. The average molecular weight is 360 g/mol. The van der Waals surface area contributed by atoms with E-state index in [1.54, 1.807) is 0 Å². The van der Waals surface area contributed by atoms with Gasteiger partial charge in [-0.25, -0.2) is 0 Å². The van der Waals surface area contributed by atoms with Crippen molar-refractivity contribution in [1.82, 2.24) is 10.6 Å². The van der Waals surface area contributed by atoms with Gasteiger partial charge < -0.3 is 5.11 Å². The van der Waals surface area contributed by atoms with Crippen LogP contribution in [0.1, 0.15) is 58.2 Å². The molecule has 1 heterocycles. The summed E-state index contributed by atoms with van der Waals surface area (Å²) in [5, 5.41) is 15.6.